The topological polar surface area (TPSA) is 87.7 Å². The van der Waals surface area contributed by atoms with Crippen molar-refractivity contribution in [2.75, 3.05) is 6.54 Å². The maximum absolute atomic E-state index is 14.6. The quantitative estimate of drug-likeness (QED) is 0.219. The highest BCUT2D eigenvalue weighted by atomic mass is 16.6. The molecule has 2 aromatic carbocycles. The Morgan fingerprint density at radius 2 is 1.50 bits per heavy atom. The second-order valence-electron chi connectivity index (χ2n) is 12.5. The Balaban J connectivity index is 2.56. The summed E-state index contributed by atoms with van der Waals surface area (Å²) in [4.78, 5) is 43.2. The number of amides is 3. The Morgan fingerprint density at radius 3 is 2.12 bits per heavy atom. The minimum absolute atomic E-state index is 0.101. The molecule has 0 saturated carbocycles. The molecule has 232 valence electrons. The Kier molecular flexibility index (Phi) is 14.1. The number of carbonyl (C=O) groups excluding carboxylic acids is 3. The van der Waals surface area contributed by atoms with E-state index in [1.54, 1.807) is 25.7 Å². The summed E-state index contributed by atoms with van der Waals surface area (Å²) in [6.45, 7) is 15.8. The monoisotopic (exact) mass is 579 g/mol. The van der Waals surface area contributed by atoms with Crippen LogP contribution in [0.4, 0.5) is 4.79 Å². The van der Waals surface area contributed by atoms with E-state index in [1.165, 1.54) is 6.42 Å². The molecule has 0 aliphatic heterocycles. The van der Waals surface area contributed by atoms with Crippen molar-refractivity contribution in [1.29, 1.82) is 0 Å². The van der Waals surface area contributed by atoms with E-state index in [1.807, 2.05) is 76.2 Å². The standard InChI is InChI=1S/C35H53N3O4/c1-9-10-11-12-13-17-23-38(31(32(39)36-25(2)3)29-22-18-19-26(4)27(29)5)33(40)30(24-28-20-15-14-16-21-28)37-34(41)42-35(6,7)8/h14-16,18-22,25,30-31H,9-13,17,23-24H2,1-8H3,(H,36,39)(H,37,41). The maximum atomic E-state index is 14.6. The summed E-state index contributed by atoms with van der Waals surface area (Å²) in [5.74, 6) is -0.531. The van der Waals surface area contributed by atoms with Crippen molar-refractivity contribution in [2.24, 2.45) is 0 Å². The first-order valence-electron chi connectivity index (χ1n) is 15.5. The summed E-state index contributed by atoms with van der Waals surface area (Å²) in [7, 11) is 0. The van der Waals surface area contributed by atoms with Gasteiger partial charge in [-0.15, -0.1) is 0 Å². The fraction of sp³-hybridized carbons (Fsp3) is 0.571. The van der Waals surface area contributed by atoms with Gasteiger partial charge in [0.2, 0.25) is 11.8 Å². The van der Waals surface area contributed by atoms with Crippen molar-refractivity contribution >= 4 is 17.9 Å². The van der Waals surface area contributed by atoms with Crippen molar-refractivity contribution in [2.45, 2.75) is 124 Å². The molecule has 42 heavy (non-hydrogen) atoms. The SMILES string of the molecule is CCCCCCCCN(C(=O)C(Cc1ccccc1)NC(=O)OC(C)(C)C)C(C(=O)NC(C)C)c1cccc(C)c1C. The molecule has 0 radical (unpaired) electrons. The van der Waals surface area contributed by atoms with Crippen LogP contribution in [-0.4, -0.2) is 47.0 Å². The van der Waals surface area contributed by atoms with Gasteiger partial charge in [-0.25, -0.2) is 4.79 Å². The van der Waals surface area contributed by atoms with Crippen LogP contribution in [0.15, 0.2) is 48.5 Å². The van der Waals surface area contributed by atoms with Crippen LogP contribution in [0.2, 0.25) is 0 Å². The fourth-order valence-electron chi connectivity index (χ4n) is 5.01. The van der Waals surface area contributed by atoms with Crippen LogP contribution in [-0.2, 0) is 20.7 Å². The van der Waals surface area contributed by atoms with Crippen LogP contribution in [0.25, 0.3) is 0 Å². The number of hydrogen-bond donors (Lipinski definition) is 2. The van der Waals surface area contributed by atoms with E-state index in [2.05, 4.69) is 17.6 Å². The minimum Gasteiger partial charge on any atom is -0.444 e. The average molecular weight is 580 g/mol. The van der Waals surface area contributed by atoms with Gasteiger partial charge in [0, 0.05) is 19.0 Å². The van der Waals surface area contributed by atoms with Crippen LogP contribution in [0.1, 0.15) is 108 Å². The van der Waals surface area contributed by atoms with E-state index in [0.717, 1.165) is 54.4 Å². The molecule has 2 aromatic rings. The average Bonchev–Trinajstić information content (AvgIpc) is 2.90. The molecule has 7 heteroatoms. The normalized spacial score (nSPS) is 12.9. The number of nitrogens with zero attached hydrogens (tertiary/aromatic N) is 1. The third-order valence-corrected chi connectivity index (χ3v) is 7.24. The number of carbonyl (C=O) groups is 3. The largest absolute Gasteiger partial charge is 0.444 e. The van der Waals surface area contributed by atoms with Gasteiger partial charge in [0.15, 0.2) is 0 Å². The lowest BCUT2D eigenvalue weighted by Crippen LogP contribution is -2.54. The number of unbranched alkanes of at least 4 members (excludes halogenated alkanes) is 5. The Morgan fingerprint density at radius 1 is 0.857 bits per heavy atom. The lowest BCUT2D eigenvalue weighted by molar-refractivity contribution is -0.142. The summed E-state index contributed by atoms with van der Waals surface area (Å²) in [5.41, 5.74) is 3.00. The molecule has 0 aliphatic carbocycles. The molecule has 0 bridgehead atoms. The first-order valence-corrected chi connectivity index (χ1v) is 15.5. The first-order chi connectivity index (χ1) is 19.8. The molecule has 0 aliphatic rings. The Labute approximate surface area is 253 Å². The molecule has 2 atom stereocenters. The lowest BCUT2D eigenvalue weighted by atomic mass is 9.94. The predicted molar refractivity (Wildman–Crippen MR) is 170 cm³/mol. The van der Waals surface area contributed by atoms with Gasteiger partial charge >= 0.3 is 6.09 Å². The van der Waals surface area contributed by atoms with Gasteiger partial charge in [-0.05, 0) is 77.1 Å². The van der Waals surface area contributed by atoms with E-state index in [0.29, 0.717) is 6.54 Å². The summed E-state index contributed by atoms with van der Waals surface area (Å²) in [5, 5.41) is 5.91. The molecule has 0 spiro atoms. The molecular formula is C35H53N3O4. The maximum Gasteiger partial charge on any atom is 0.408 e. The molecule has 2 N–H and O–H groups in total. The van der Waals surface area contributed by atoms with E-state index in [-0.39, 0.29) is 24.3 Å². The predicted octanol–water partition coefficient (Wildman–Crippen LogP) is 7.19. The number of benzene rings is 2. The third kappa shape index (κ3) is 11.5. The zero-order valence-corrected chi connectivity index (χ0v) is 27.1. The van der Waals surface area contributed by atoms with Gasteiger partial charge in [0.25, 0.3) is 0 Å². The number of hydrogen-bond acceptors (Lipinski definition) is 4. The lowest BCUT2D eigenvalue weighted by Gasteiger charge is -2.36. The summed E-state index contributed by atoms with van der Waals surface area (Å²) >= 11 is 0. The van der Waals surface area contributed by atoms with E-state index in [9.17, 15) is 14.4 Å². The molecule has 0 fully saturated rings. The summed E-state index contributed by atoms with van der Waals surface area (Å²) in [6.07, 6.45) is 5.90. The van der Waals surface area contributed by atoms with Crippen molar-refractivity contribution in [3.63, 3.8) is 0 Å². The van der Waals surface area contributed by atoms with Crippen LogP contribution in [0.5, 0.6) is 0 Å². The number of ether oxygens (including phenoxy) is 1. The van der Waals surface area contributed by atoms with Crippen molar-refractivity contribution in [1.82, 2.24) is 15.5 Å². The highest BCUT2D eigenvalue weighted by molar-refractivity contribution is 5.92. The van der Waals surface area contributed by atoms with E-state index >= 15 is 0 Å². The van der Waals surface area contributed by atoms with E-state index < -0.39 is 23.8 Å². The molecular weight excluding hydrogens is 526 g/mol. The van der Waals surface area contributed by atoms with Crippen LogP contribution in [0.3, 0.4) is 0 Å². The van der Waals surface area contributed by atoms with Crippen LogP contribution >= 0.6 is 0 Å². The summed E-state index contributed by atoms with van der Waals surface area (Å²) in [6, 6.07) is 13.6. The zero-order valence-electron chi connectivity index (χ0n) is 27.1. The summed E-state index contributed by atoms with van der Waals surface area (Å²) < 4.78 is 5.55. The zero-order chi connectivity index (χ0) is 31.3. The van der Waals surface area contributed by atoms with Gasteiger partial charge in [-0.3, -0.25) is 9.59 Å². The number of aryl methyl sites for hydroxylation is 1. The number of nitrogens with one attached hydrogen (secondary N) is 2. The van der Waals surface area contributed by atoms with Crippen LogP contribution < -0.4 is 10.6 Å². The smallest absolute Gasteiger partial charge is 0.408 e. The van der Waals surface area contributed by atoms with Gasteiger partial charge in [-0.1, -0.05) is 87.6 Å². The Hall–Kier alpha value is -3.35. The molecule has 7 nitrogen and oxygen atoms in total. The second-order valence-corrected chi connectivity index (χ2v) is 12.5. The molecule has 3 amide bonds. The Bertz CT molecular complexity index is 1140. The molecule has 0 heterocycles. The number of alkyl carbamates (subject to hydrolysis) is 1. The molecule has 2 rings (SSSR count). The van der Waals surface area contributed by atoms with Gasteiger partial charge in [0.1, 0.15) is 17.7 Å². The first kappa shape index (κ1) is 34.8. The number of rotatable bonds is 15. The fourth-order valence-corrected chi connectivity index (χ4v) is 5.01. The van der Waals surface area contributed by atoms with Gasteiger partial charge in [-0.2, -0.15) is 0 Å². The minimum atomic E-state index is -0.915. The van der Waals surface area contributed by atoms with E-state index in [4.69, 9.17) is 4.74 Å². The van der Waals surface area contributed by atoms with Gasteiger partial charge < -0.3 is 20.3 Å². The van der Waals surface area contributed by atoms with Crippen molar-refractivity contribution < 1.29 is 19.1 Å². The van der Waals surface area contributed by atoms with Crippen LogP contribution in [0, 0.1) is 13.8 Å². The molecule has 2 unspecified atom stereocenters. The van der Waals surface area contributed by atoms with Crippen molar-refractivity contribution in [3.8, 4) is 0 Å². The third-order valence-electron chi connectivity index (χ3n) is 7.24. The highest BCUT2D eigenvalue weighted by Gasteiger charge is 2.37. The van der Waals surface area contributed by atoms with Crippen molar-refractivity contribution in [3.05, 3.63) is 70.8 Å². The molecule has 0 saturated heterocycles. The highest BCUT2D eigenvalue weighted by Crippen LogP contribution is 2.28. The second kappa shape index (κ2) is 16.9. The van der Waals surface area contributed by atoms with Gasteiger partial charge in [0.05, 0.1) is 0 Å². The molecule has 0 aromatic heterocycles.